The third-order valence-electron chi connectivity index (χ3n) is 3.25. The standard InChI is InChI=1S/C14H9N6O2S/c21-20(22)11-7-4-8-12-13(11)16-14(23-12)19-17-15-9-18(19)10-5-2-1-3-6-10/h1-8,17H. The van der Waals surface area contributed by atoms with E-state index in [1.165, 1.54) is 17.4 Å². The highest BCUT2D eigenvalue weighted by molar-refractivity contribution is 7.22. The van der Waals surface area contributed by atoms with Gasteiger partial charge in [-0.3, -0.25) is 10.1 Å². The monoisotopic (exact) mass is 325 g/mol. The molecule has 2 aromatic carbocycles. The average Bonchev–Trinajstić information content (AvgIpc) is 3.21. The molecule has 8 nitrogen and oxygen atoms in total. The number of fused-ring (bicyclic) bond motifs is 1. The van der Waals surface area contributed by atoms with Crippen LogP contribution >= 0.6 is 11.3 Å². The number of nitrogens with one attached hydrogen (secondary N) is 1. The minimum atomic E-state index is -0.430. The van der Waals surface area contributed by atoms with Gasteiger partial charge in [0.15, 0.2) is 5.52 Å². The van der Waals surface area contributed by atoms with Crippen LogP contribution in [-0.4, -0.2) is 16.2 Å². The lowest BCUT2D eigenvalue weighted by Gasteiger charge is -2.24. The largest absolute Gasteiger partial charge is 0.296 e. The number of aromatic nitrogens is 1. The minimum Gasteiger partial charge on any atom is -0.258 e. The number of nitro benzene ring substituents is 1. The maximum atomic E-state index is 11.1. The molecule has 113 valence electrons. The summed E-state index contributed by atoms with van der Waals surface area (Å²) in [6, 6.07) is 14.4. The van der Waals surface area contributed by atoms with Gasteiger partial charge in [-0.1, -0.05) is 35.6 Å². The smallest absolute Gasteiger partial charge is 0.258 e. The average molecular weight is 325 g/mol. The summed E-state index contributed by atoms with van der Waals surface area (Å²) in [4.78, 5) is 15.1. The van der Waals surface area contributed by atoms with Crippen molar-refractivity contribution in [3.8, 4) is 0 Å². The second-order valence-electron chi connectivity index (χ2n) is 4.65. The van der Waals surface area contributed by atoms with Crippen molar-refractivity contribution in [2.75, 3.05) is 10.1 Å². The minimum absolute atomic E-state index is 0.0136. The van der Waals surface area contributed by atoms with Gasteiger partial charge in [-0.15, -0.1) is 10.2 Å². The van der Waals surface area contributed by atoms with Crippen LogP contribution in [0.15, 0.2) is 53.6 Å². The van der Waals surface area contributed by atoms with Crippen molar-refractivity contribution in [3.63, 3.8) is 0 Å². The van der Waals surface area contributed by atoms with Gasteiger partial charge in [0.2, 0.25) is 11.5 Å². The molecule has 1 aromatic heterocycles. The van der Waals surface area contributed by atoms with E-state index in [2.05, 4.69) is 22.0 Å². The first-order valence-corrected chi connectivity index (χ1v) is 7.46. The molecule has 1 N–H and O–H groups in total. The molecule has 0 fully saturated rings. The summed E-state index contributed by atoms with van der Waals surface area (Å²) in [6.07, 6.45) is 2.81. The highest BCUT2D eigenvalue weighted by Crippen LogP contribution is 2.35. The number of hydrazine groups is 2. The fraction of sp³-hybridized carbons (Fsp3) is 0. The number of para-hydroxylation sites is 2. The Balaban J connectivity index is 1.77. The fourth-order valence-electron chi connectivity index (χ4n) is 2.24. The second-order valence-corrected chi connectivity index (χ2v) is 5.66. The summed E-state index contributed by atoms with van der Waals surface area (Å²) in [5, 5.41) is 18.8. The molecule has 0 saturated heterocycles. The lowest BCUT2D eigenvalue weighted by atomic mass is 10.3. The first kappa shape index (κ1) is 13.5. The number of benzene rings is 2. The van der Waals surface area contributed by atoms with E-state index >= 15 is 0 Å². The van der Waals surface area contributed by atoms with Gasteiger partial charge in [-0.05, 0) is 18.2 Å². The molecular formula is C14H9N6O2S. The number of nitrogens with zero attached hydrogens (tertiary/aromatic N) is 5. The van der Waals surface area contributed by atoms with Gasteiger partial charge in [-0.25, -0.2) is 9.99 Å². The molecule has 4 rings (SSSR count). The third-order valence-corrected chi connectivity index (χ3v) is 4.25. The van der Waals surface area contributed by atoms with Gasteiger partial charge >= 0.3 is 0 Å². The number of anilines is 2. The summed E-state index contributed by atoms with van der Waals surface area (Å²) in [7, 11) is 0. The van der Waals surface area contributed by atoms with Crippen molar-refractivity contribution < 1.29 is 4.92 Å². The van der Waals surface area contributed by atoms with Gasteiger partial charge in [0, 0.05) is 6.07 Å². The highest BCUT2D eigenvalue weighted by atomic mass is 32.1. The van der Waals surface area contributed by atoms with Crippen LogP contribution in [0.3, 0.4) is 0 Å². The van der Waals surface area contributed by atoms with E-state index in [1.807, 2.05) is 30.3 Å². The topological polar surface area (TPSA) is 86.9 Å². The molecule has 0 spiro atoms. The van der Waals surface area contributed by atoms with Crippen molar-refractivity contribution in [2.45, 2.75) is 0 Å². The molecule has 0 unspecified atom stereocenters. The van der Waals surface area contributed by atoms with Crippen LogP contribution in [-0.2, 0) is 0 Å². The molecule has 9 heteroatoms. The summed E-state index contributed by atoms with van der Waals surface area (Å²) in [6.45, 7) is 0. The number of hydrogen-bond donors (Lipinski definition) is 1. The Morgan fingerprint density at radius 2 is 2.00 bits per heavy atom. The zero-order valence-corrected chi connectivity index (χ0v) is 12.4. The zero-order valence-electron chi connectivity index (χ0n) is 11.6. The van der Waals surface area contributed by atoms with Gasteiger partial charge < -0.3 is 0 Å². The van der Waals surface area contributed by atoms with E-state index in [0.29, 0.717) is 10.6 Å². The lowest BCUT2D eigenvalue weighted by molar-refractivity contribution is -0.383. The molecule has 0 amide bonds. The molecule has 2 heterocycles. The Hall–Kier alpha value is -3.20. The number of hydrogen-bond acceptors (Lipinski definition) is 8. The quantitative estimate of drug-likeness (QED) is 0.588. The Labute approximate surface area is 134 Å². The van der Waals surface area contributed by atoms with Crippen molar-refractivity contribution >= 4 is 44.4 Å². The van der Waals surface area contributed by atoms with Gasteiger partial charge in [-0.2, -0.15) is 5.53 Å². The van der Waals surface area contributed by atoms with E-state index in [1.54, 1.807) is 22.3 Å². The number of thiazole rings is 1. The molecule has 0 bridgehead atoms. The number of nitro groups is 1. The van der Waals surface area contributed by atoms with Crippen LogP contribution in [0.2, 0.25) is 0 Å². The predicted octanol–water partition coefficient (Wildman–Crippen LogP) is 2.77. The first-order valence-electron chi connectivity index (χ1n) is 6.64. The molecule has 1 radical (unpaired) electrons. The van der Waals surface area contributed by atoms with Gasteiger partial charge in [0.1, 0.15) is 0 Å². The summed E-state index contributed by atoms with van der Waals surface area (Å²) < 4.78 is 0.732. The number of non-ortho nitro benzene ring substituents is 1. The molecule has 1 aliphatic heterocycles. The predicted molar refractivity (Wildman–Crippen MR) is 88.2 cm³/mol. The summed E-state index contributed by atoms with van der Waals surface area (Å²) in [5.74, 6) is 0. The zero-order chi connectivity index (χ0) is 15.8. The second kappa shape index (κ2) is 5.21. The molecule has 3 aromatic rings. The highest BCUT2D eigenvalue weighted by Gasteiger charge is 2.26. The summed E-state index contributed by atoms with van der Waals surface area (Å²) >= 11 is 1.33. The summed E-state index contributed by atoms with van der Waals surface area (Å²) in [5.41, 5.74) is 3.97. The Bertz CT molecular complexity index is 910. The maximum Gasteiger partial charge on any atom is 0.296 e. The Kier molecular flexibility index (Phi) is 3.05. The van der Waals surface area contributed by atoms with Crippen LogP contribution in [0.1, 0.15) is 0 Å². The van der Waals surface area contributed by atoms with Crippen LogP contribution < -0.4 is 15.7 Å². The maximum absolute atomic E-state index is 11.1. The van der Waals surface area contributed by atoms with Gasteiger partial charge in [0.05, 0.1) is 15.3 Å². The Morgan fingerprint density at radius 1 is 1.17 bits per heavy atom. The van der Waals surface area contributed by atoms with Crippen molar-refractivity contribution in [2.24, 2.45) is 5.10 Å². The molecule has 23 heavy (non-hydrogen) atoms. The molecule has 1 aliphatic rings. The van der Waals surface area contributed by atoms with Crippen molar-refractivity contribution in [1.82, 2.24) is 10.5 Å². The Morgan fingerprint density at radius 3 is 2.78 bits per heavy atom. The fourth-order valence-corrected chi connectivity index (χ4v) is 3.17. The van der Waals surface area contributed by atoms with Gasteiger partial charge in [0.25, 0.3) is 5.69 Å². The van der Waals surface area contributed by atoms with Crippen LogP contribution in [0, 0.1) is 10.1 Å². The van der Waals surface area contributed by atoms with Crippen molar-refractivity contribution in [3.05, 3.63) is 58.6 Å². The van der Waals surface area contributed by atoms with Crippen LogP contribution in [0.5, 0.6) is 0 Å². The van der Waals surface area contributed by atoms with E-state index in [4.69, 9.17) is 0 Å². The van der Waals surface area contributed by atoms with Crippen LogP contribution in [0.4, 0.5) is 16.5 Å². The molecule has 0 saturated carbocycles. The first-order chi connectivity index (χ1) is 11.2. The van der Waals surface area contributed by atoms with E-state index in [0.717, 1.165) is 10.4 Å². The number of hydrazone groups is 1. The van der Waals surface area contributed by atoms with Crippen LogP contribution in [0.25, 0.3) is 10.2 Å². The number of rotatable bonds is 3. The van der Waals surface area contributed by atoms with E-state index < -0.39 is 4.92 Å². The van der Waals surface area contributed by atoms with Crippen molar-refractivity contribution in [1.29, 1.82) is 0 Å². The normalized spacial score (nSPS) is 13.6. The third kappa shape index (κ3) is 2.23. The SMILES string of the molecule is O=[N+]([O-])c1cccc2sc(N3NN=[C]N3c3ccccc3)nc12. The molecule has 0 aliphatic carbocycles. The molecular weight excluding hydrogens is 316 g/mol. The lowest BCUT2D eigenvalue weighted by Crippen LogP contribution is -2.43. The molecule has 0 atom stereocenters. The van der Waals surface area contributed by atoms with E-state index in [9.17, 15) is 10.1 Å². The van der Waals surface area contributed by atoms with E-state index in [-0.39, 0.29) is 5.69 Å².